The second-order valence-electron chi connectivity index (χ2n) is 5.55. The van der Waals surface area contributed by atoms with Gasteiger partial charge in [-0.1, -0.05) is 13.8 Å². The highest BCUT2D eigenvalue weighted by Gasteiger charge is 2.37. The van der Waals surface area contributed by atoms with E-state index in [1.807, 2.05) is 13.8 Å². The molecule has 0 aliphatic carbocycles. The first-order valence-corrected chi connectivity index (χ1v) is 8.67. The average Bonchev–Trinajstić information content (AvgIpc) is 2.45. The summed E-state index contributed by atoms with van der Waals surface area (Å²) in [6.45, 7) is 1.93. The van der Waals surface area contributed by atoms with Crippen molar-refractivity contribution in [2.75, 3.05) is 19.7 Å². The van der Waals surface area contributed by atoms with E-state index in [4.69, 9.17) is 10.00 Å². The quantitative estimate of drug-likeness (QED) is 0.664. The Hall–Kier alpha value is -1.79. The van der Waals surface area contributed by atoms with Gasteiger partial charge in [0.1, 0.15) is 18.8 Å². The first-order chi connectivity index (χ1) is 11.1. The summed E-state index contributed by atoms with van der Waals surface area (Å²) in [6.07, 6.45) is -3.91. The van der Waals surface area contributed by atoms with Gasteiger partial charge >= 0.3 is 6.18 Å². The molecule has 0 amide bonds. The number of hydrogen-bond donors (Lipinski definition) is 0. The van der Waals surface area contributed by atoms with Gasteiger partial charge in [0.05, 0.1) is 17.6 Å². The number of ether oxygens (including phenoxy) is 1. The van der Waals surface area contributed by atoms with Crippen LogP contribution in [0.2, 0.25) is 0 Å². The van der Waals surface area contributed by atoms with Crippen LogP contribution in [-0.2, 0) is 10.0 Å². The maximum atomic E-state index is 12.5. The third-order valence-corrected chi connectivity index (χ3v) is 4.83. The molecule has 0 aliphatic heterocycles. The van der Waals surface area contributed by atoms with E-state index in [-0.39, 0.29) is 9.20 Å². The third kappa shape index (κ3) is 6.37. The molecule has 1 rings (SSSR count). The molecule has 0 heterocycles. The minimum atomic E-state index is -4.73. The van der Waals surface area contributed by atoms with Crippen LogP contribution in [0.4, 0.5) is 13.2 Å². The lowest BCUT2D eigenvalue weighted by Crippen LogP contribution is -2.39. The zero-order valence-corrected chi connectivity index (χ0v) is 14.2. The average molecular weight is 364 g/mol. The summed E-state index contributed by atoms with van der Waals surface area (Å²) in [5, 5.41) is 8.59. The molecule has 5 nitrogen and oxygen atoms in total. The van der Waals surface area contributed by atoms with Crippen LogP contribution in [0.1, 0.15) is 20.3 Å². The minimum Gasteiger partial charge on any atom is -0.494 e. The standard InChI is InChI=1S/C15H19F3N2O3S/c1-12(2)7-10-23-13-3-5-14(6-4-13)24(21,22)20(9-8-19)11-15(16,17)18/h3-6,12H,7,9-11H2,1-2H3. The van der Waals surface area contributed by atoms with Gasteiger partial charge in [-0.25, -0.2) is 8.42 Å². The zero-order chi connectivity index (χ0) is 18.4. The molecular formula is C15H19F3N2O3S. The minimum absolute atomic E-state index is 0.0988. The Labute approximate surface area is 139 Å². The van der Waals surface area contributed by atoms with Gasteiger partial charge in [0.15, 0.2) is 0 Å². The molecule has 0 saturated heterocycles. The number of rotatable bonds is 8. The fourth-order valence-electron chi connectivity index (χ4n) is 1.77. The molecule has 0 saturated carbocycles. The fraction of sp³-hybridized carbons (Fsp3) is 0.533. The van der Waals surface area contributed by atoms with Crippen LogP contribution in [0.15, 0.2) is 29.2 Å². The molecule has 0 aliphatic rings. The fourth-order valence-corrected chi connectivity index (χ4v) is 3.10. The molecule has 0 radical (unpaired) electrons. The van der Waals surface area contributed by atoms with Crippen molar-refractivity contribution in [1.29, 1.82) is 5.26 Å². The molecule has 1 aromatic carbocycles. The van der Waals surface area contributed by atoms with Gasteiger partial charge in [-0.15, -0.1) is 0 Å². The van der Waals surface area contributed by atoms with Gasteiger partial charge in [0.25, 0.3) is 0 Å². The number of halogens is 3. The highest BCUT2D eigenvalue weighted by molar-refractivity contribution is 7.89. The van der Waals surface area contributed by atoms with Gasteiger partial charge < -0.3 is 4.74 Å². The molecule has 24 heavy (non-hydrogen) atoms. The van der Waals surface area contributed by atoms with Crippen LogP contribution in [0.5, 0.6) is 5.75 Å². The predicted molar refractivity (Wildman–Crippen MR) is 81.8 cm³/mol. The summed E-state index contributed by atoms with van der Waals surface area (Å²) in [5.41, 5.74) is 0. The zero-order valence-electron chi connectivity index (χ0n) is 13.4. The van der Waals surface area contributed by atoms with Crippen molar-refractivity contribution in [2.45, 2.75) is 31.3 Å². The van der Waals surface area contributed by atoms with Gasteiger partial charge in [0.2, 0.25) is 10.0 Å². The molecule has 0 atom stereocenters. The van der Waals surface area contributed by atoms with E-state index in [9.17, 15) is 21.6 Å². The number of nitrogens with zero attached hydrogens (tertiary/aromatic N) is 2. The van der Waals surface area contributed by atoms with E-state index in [0.29, 0.717) is 18.3 Å². The van der Waals surface area contributed by atoms with E-state index >= 15 is 0 Å². The number of benzene rings is 1. The van der Waals surface area contributed by atoms with Crippen LogP contribution in [0.3, 0.4) is 0 Å². The lowest BCUT2D eigenvalue weighted by atomic mass is 10.1. The van der Waals surface area contributed by atoms with Crippen LogP contribution in [-0.4, -0.2) is 38.6 Å². The lowest BCUT2D eigenvalue weighted by Gasteiger charge is -2.20. The van der Waals surface area contributed by atoms with Crippen LogP contribution >= 0.6 is 0 Å². The van der Waals surface area contributed by atoms with Crippen molar-refractivity contribution in [3.63, 3.8) is 0 Å². The van der Waals surface area contributed by atoms with E-state index < -0.39 is 29.3 Å². The molecule has 0 N–H and O–H groups in total. The Kier molecular flexibility index (Phi) is 7.05. The molecule has 0 spiro atoms. The Morgan fingerprint density at radius 2 is 1.83 bits per heavy atom. The second kappa shape index (κ2) is 8.35. The normalized spacial score (nSPS) is 12.4. The SMILES string of the molecule is CC(C)CCOc1ccc(S(=O)(=O)N(CC#N)CC(F)(F)F)cc1. The Morgan fingerprint density at radius 1 is 1.25 bits per heavy atom. The number of alkyl halides is 3. The number of sulfonamides is 1. The Morgan fingerprint density at radius 3 is 2.29 bits per heavy atom. The Bertz CT molecular complexity index is 665. The van der Waals surface area contributed by atoms with Crippen molar-refractivity contribution in [3.8, 4) is 11.8 Å². The monoisotopic (exact) mass is 364 g/mol. The van der Waals surface area contributed by atoms with Crippen molar-refractivity contribution in [3.05, 3.63) is 24.3 Å². The van der Waals surface area contributed by atoms with Gasteiger partial charge in [0, 0.05) is 0 Å². The number of hydrogen-bond acceptors (Lipinski definition) is 4. The van der Waals surface area contributed by atoms with Crippen LogP contribution in [0, 0.1) is 17.2 Å². The molecule has 0 aromatic heterocycles. The summed E-state index contributed by atoms with van der Waals surface area (Å²) >= 11 is 0. The smallest absolute Gasteiger partial charge is 0.402 e. The van der Waals surface area contributed by atoms with Gasteiger partial charge in [-0.3, -0.25) is 0 Å². The van der Waals surface area contributed by atoms with E-state index in [1.165, 1.54) is 30.3 Å². The van der Waals surface area contributed by atoms with E-state index in [0.717, 1.165) is 6.42 Å². The van der Waals surface area contributed by atoms with E-state index in [1.54, 1.807) is 0 Å². The largest absolute Gasteiger partial charge is 0.494 e. The molecular weight excluding hydrogens is 345 g/mol. The first kappa shape index (κ1) is 20.3. The van der Waals surface area contributed by atoms with Gasteiger partial charge in [-0.05, 0) is 36.6 Å². The lowest BCUT2D eigenvalue weighted by molar-refractivity contribution is -0.135. The van der Waals surface area contributed by atoms with E-state index in [2.05, 4.69) is 0 Å². The number of nitriles is 1. The predicted octanol–water partition coefficient (Wildman–Crippen LogP) is 3.19. The second-order valence-corrected chi connectivity index (χ2v) is 7.49. The van der Waals surface area contributed by atoms with Crippen molar-refractivity contribution < 1.29 is 26.3 Å². The molecule has 0 bridgehead atoms. The topological polar surface area (TPSA) is 70.4 Å². The van der Waals surface area contributed by atoms with Crippen LogP contribution in [0.25, 0.3) is 0 Å². The molecule has 1 aromatic rings. The first-order valence-electron chi connectivity index (χ1n) is 7.23. The highest BCUT2D eigenvalue weighted by Crippen LogP contribution is 2.24. The van der Waals surface area contributed by atoms with Gasteiger partial charge in [-0.2, -0.15) is 22.7 Å². The summed E-state index contributed by atoms with van der Waals surface area (Å²) in [5.74, 6) is 0.879. The molecule has 0 fully saturated rings. The molecule has 9 heteroatoms. The molecule has 0 unspecified atom stereocenters. The van der Waals surface area contributed by atoms with Crippen LogP contribution < -0.4 is 4.74 Å². The maximum absolute atomic E-state index is 12.5. The summed E-state index contributed by atoms with van der Waals surface area (Å²) < 4.78 is 67.6. The third-order valence-electron chi connectivity index (χ3n) is 3.03. The summed E-state index contributed by atoms with van der Waals surface area (Å²) in [7, 11) is -4.41. The van der Waals surface area contributed by atoms with Crippen molar-refractivity contribution in [2.24, 2.45) is 5.92 Å². The Balaban J connectivity index is 2.90. The summed E-state index contributed by atoms with van der Waals surface area (Å²) in [6, 6.07) is 6.53. The highest BCUT2D eigenvalue weighted by atomic mass is 32.2. The van der Waals surface area contributed by atoms with Crippen molar-refractivity contribution >= 4 is 10.0 Å². The molecule has 134 valence electrons. The van der Waals surface area contributed by atoms with Crippen molar-refractivity contribution in [1.82, 2.24) is 4.31 Å². The maximum Gasteiger partial charge on any atom is 0.402 e. The summed E-state index contributed by atoms with van der Waals surface area (Å²) in [4.78, 5) is -0.321.